The number of hydrogen-bond acceptors (Lipinski definition) is 3. The van der Waals surface area contributed by atoms with Crippen LogP contribution in [0.3, 0.4) is 0 Å². The first-order chi connectivity index (χ1) is 9.83. The fourth-order valence-corrected chi connectivity index (χ4v) is 2.54. The van der Waals surface area contributed by atoms with Crippen LogP contribution in [-0.4, -0.2) is 23.6 Å². The summed E-state index contributed by atoms with van der Waals surface area (Å²) in [4.78, 5) is 7.53. The van der Waals surface area contributed by atoms with Gasteiger partial charge >= 0.3 is 0 Å². The van der Waals surface area contributed by atoms with E-state index in [1.165, 1.54) is 11.1 Å². The van der Waals surface area contributed by atoms with E-state index in [4.69, 9.17) is 10.5 Å². The summed E-state index contributed by atoms with van der Waals surface area (Å²) in [6, 6.07) is 12.1. The molecule has 0 amide bonds. The summed E-state index contributed by atoms with van der Waals surface area (Å²) in [5.74, 6) is 1.00. The number of hydrogen-bond donors (Lipinski definition) is 2. The molecule has 3 rings (SSSR count). The molecule has 1 atom stereocenters. The van der Waals surface area contributed by atoms with Crippen LogP contribution in [0, 0.1) is 0 Å². The van der Waals surface area contributed by atoms with Gasteiger partial charge in [0.1, 0.15) is 11.4 Å². The zero-order valence-corrected chi connectivity index (χ0v) is 11.3. The second kappa shape index (κ2) is 5.35. The number of nitrogens with one attached hydrogen (secondary N) is 1. The van der Waals surface area contributed by atoms with Crippen molar-refractivity contribution in [1.29, 1.82) is 0 Å². The molecule has 0 spiro atoms. The molecular formula is C16H17N3O. The molecule has 0 bridgehead atoms. The SMILES string of the molecule is COc1ccc(C(CN)c2c[nH]c3ncccc23)cc1. The van der Waals surface area contributed by atoms with E-state index < -0.39 is 0 Å². The molecule has 20 heavy (non-hydrogen) atoms. The fraction of sp³-hybridized carbons (Fsp3) is 0.188. The van der Waals surface area contributed by atoms with Crippen molar-refractivity contribution in [2.45, 2.75) is 5.92 Å². The predicted octanol–water partition coefficient (Wildman–Crippen LogP) is 2.66. The lowest BCUT2D eigenvalue weighted by molar-refractivity contribution is 0.414. The van der Waals surface area contributed by atoms with E-state index in [2.05, 4.69) is 28.2 Å². The summed E-state index contributed by atoms with van der Waals surface area (Å²) in [7, 11) is 1.67. The molecule has 0 saturated heterocycles. The van der Waals surface area contributed by atoms with Gasteiger partial charge in [0.25, 0.3) is 0 Å². The quantitative estimate of drug-likeness (QED) is 0.764. The van der Waals surface area contributed by atoms with Crippen molar-refractivity contribution in [3.8, 4) is 5.75 Å². The maximum atomic E-state index is 5.99. The van der Waals surface area contributed by atoms with Gasteiger partial charge in [0.2, 0.25) is 0 Å². The molecule has 3 N–H and O–H groups in total. The zero-order chi connectivity index (χ0) is 13.9. The van der Waals surface area contributed by atoms with Gasteiger partial charge in [0.05, 0.1) is 7.11 Å². The van der Waals surface area contributed by atoms with E-state index in [1.54, 1.807) is 13.3 Å². The van der Waals surface area contributed by atoms with Gasteiger partial charge in [-0.2, -0.15) is 0 Å². The van der Waals surface area contributed by atoms with Crippen LogP contribution in [0.1, 0.15) is 17.0 Å². The first-order valence-electron chi connectivity index (χ1n) is 6.59. The van der Waals surface area contributed by atoms with E-state index >= 15 is 0 Å². The van der Waals surface area contributed by atoms with Crippen LogP contribution >= 0.6 is 0 Å². The van der Waals surface area contributed by atoms with Crippen LogP contribution in [0.25, 0.3) is 11.0 Å². The third-order valence-corrected chi connectivity index (χ3v) is 3.61. The molecule has 0 aliphatic carbocycles. The van der Waals surface area contributed by atoms with E-state index in [0.29, 0.717) is 6.54 Å². The number of fused-ring (bicyclic) bond motifs is 1. The number of ether oxygens (including phenoxy) is 1. The van der Waals surface area contributed by atoms with Crippen LogP contribution in [0.4, 0.5) is 0 Å². The highest BCUT2D eigenvalue weighted by Crippen LogP contribution is 2.30. The summed E-state index contributed by atoms with van der Waals surface area (Å²) >= 11 is 0. The number of methoxy groups -OCH3 is 1. The van der Waals surface area contributed by atoms with Gasteiger partial charge in [0.15, 0.2) is 0 Å². The Morgan fingerprint density at radius 1 is 1.25 bits per heavy atom. The number of benzene rings is 1. The van der Waals surface area contributed by atoms with Gasteiger partial charge in [-0.25, -0.2) is 4.98 Å². The molecule has 4 nitrogen and oxygen atoms in total. The fourth-order valence-electron chi connectivity index (χ4n) is 2.54. The number of rotatable bonds is 4. The molecule has 1 aromatic carbocycles. The lowest BCUT2D eigenvalue weighted by atomic mass is 9.91. The second-order valence-corrected chi connectivity index (χ2v) is 4.71. The molecule has 0 aliphatic rings. The highest BCUT2D eigenvalue weighted by molar-refractivity contribution is 5.80. The van der Waals surface area contributed by atoms with Crippen molar-refractivity contribution < 1.29 is 4.74 Å². The standard InChI is InChI=1S/C16H17N3O/c1-20-12-6-4-11(5-7-12)14(9-17)15-10-19-16-13(15)3-2-8-18-16/h2-8,10,14H,9,17H2,1H3,(H,18,19). The van der Waals surface area contributed by atoms with E-state index in [9.17, 15) is 0 Å². The molecule has 2 aromatic heterocycles. The Morgan fingerprint density at radius 2 is 2.05 bits per heavy atom. The highest BCUT2D eigenvalue weighted by Gasteiger charge is 2.16. The van der Waals surface area contributed by atoms with E-state index in [0.717, 1.165) is 16.8 Å². The summed E-state index contributed by atoms with van der Waals surface area (Å²) in [6.45, 7) is 0.550. The minimum Gasteiger partial charge on any atom is -0.497 e. The maximum Gasteiger partial charge on any atom is 0.137 e. The maximum absolute atomic E-state index is 5.99. The number of nitrogens with zero attached hydrogens (tertiary/aromatic N) is 1. The lowest BCUT2D eigenvalue weighted by Crippen LogP contribution is -2.13. The predicted molar refractivity (Wildman–Crippen MR) is 80.0 cm³/mol. The lowest BCUT2D eigenvalue weighted by Gasteiger charge is -2.15. The topological polar surface area (TPSA) is 63.9 Å². The van der Waals surface area contributed by atoms with Crippen LogP contribution in [0.5, 0.6) is 5.75 Å². The molecule has 4 heteroatoms. The third kappa shape index (κ3) is 2.14. The Hall–Kier alpha value is -2.33. The Morgan fingerprint density at radius 3 is 2.75 bits per heavy atom. The molecule has 0 saturated carbocycles. The molecule has 102 valence electrons. The van der Waals surface area contributed by atoms with Gasteiger partial charge in [-0.1, -0.05) is 12.1 Å². The van der Waals surface area contributed by atoms with Gasteiger partial charge in [-0.05, 0) is 35.4 Å². The van der Waals surface area contributed by atoms with Crippen LogP contribution in [0.2, 0.25) is 0 Å². The Bertz CT molecular complexity index is 703. The molecule has 0 fully saturated rings. The second-order valence-electron chi connectivity index (χ2n) is 4.71. The van der Waals surface area contributed by atoms with Gasteiger partial charge < -0.3 is 15.5 Å². The summed E-state index contributed by atoms with van der Waals surface area (Å²) in [5.41, 5.74) is 9.25. The molecule has 0 radical (unpaired) electrons. The smallest absolute Gasteiger partial charge is 0.137 e. The molecule has 3 aromatic rings. The average molecular weight is 267 g/mol. The normalized spacial score (nSPS) is 12.5. The third-order valence-electron chi connectivity index (χ3n) is 3.61. The van der Waals surface area contributed by atoms with Crippen molar-refractivity contribution in [3.05, 3.63) is 59.9 Å². The number of H-pyrrole nitrogens is 1. The van der Waals surface area contributed by atoms with Crippen molar-refractivity contribution in [1.82, 2.24) is 9.97 Å². The largest absolute Gasteiger partial charge is 0.497 e. The Kier molecular flexibility index (Phi) is 3.39. The summed E-state index contributed by atoms with van der Waals surface area (Å²) < 4.78 is 5.20. The Balaban J connectivity index is 2.04. The van der Waals surface area contributed by atoms with Crippen molar-refractivity contribution in [3.63, 3.8) is 0 Å². The molecular weight excluding hydrogens is 250 g/mol. The van der Waals surface area contributed by atoms with Gasteiger partial charge in [-0.15, -0.1) is 0 Å². The first-order valence-corrected chi connectivity index (χ1v) is 6.59. The molecule has 0 aliphatic heterocycles. The van der Waals surface area contributed by atoms with E-state index in [1.807, 2.05) is 24.4 Å². The van der Waals surface area contributed by atoms with Crippen molar-refractivity contribution >= 4 is 11.0 Å². The zero-order valence-electron chi connectivity index (χ0n) is 11.3. The van der Waals surface area contributed by atoms with E-state index in [-0.39, 0.29) is 5.92 Å². The minimum atomic E-state index is 0.152. The molecule has 2 heterocycles. The monoisotopic (exact) mass is 267 g/mol. The minimum absolute atomic E-state index is 0.152. The van der Waals surface area contributed by atoms with Crippen LogP contribution in [-0.2, 0) is 0 Å². The average Bonchev–Trinajstić information content (AvgIpc) is 2.93. The van der Waals surface area contributed by atoms with Gasteiger partial charge in [-0.3, -0.25) is 0 Å². The summed E-state index contributed by atoms with van der Waals surface area (Å²) in [6.07, 6.45) is 3.78. The molecule has 1 unspecified atom stereocenters. The Labute approximate surface area is 117 Å². The number of nitrogens with two attached hydrogens (primary N) is 1. The van der Waals surface area contributed by atoms with Crippen LogP contribution in [0.15, 0.2) is 48.8 Å². The number of aromatic nitrogens is 2. The van der Waals surface area contributed by atoms with Crippen molar-refractivity contribution in [2.75, 3.05) is 13.7 Å². The summed E-state index contributed by atoms with van der Waals surface area (Å²) in [5, 5.41) is 1.12. The number of pyridine rings is 1. The van der Waals surface area contributed by atoms with Crippen molar-refractivity contribution in [2.24, 2.45) is 5.73 Å². The number of aromatic amines is 1. The van der Waals surface area contributed by atoms with Gasteiger partial charge in [0, 0.05) is 30.2 Å². The highest BCUT2D eigenvalue weighted by atomic mass is 16.5. The van der Waals surface area contributed by atoms with Crippen LogP contribution < -0.4 is 10.5 Å². The first kappa shape index (κ1) is 12.7.